The van der Waals surface area contributed by atoms with Crippen LogP contribution in [0, 0.1) is 17.0 Å². The maximum absolute atomic E-state index is 12.4. The van der Waals surface area contributed by atoms with Crippen molar-refractivity contribution < 1.29 is 223 Å². The van der Waals surface area contributed by atoms with Gasteiger partial charge in [0, 0.05) is 11.5 Å². The summed E-state index contributed by atoms with van der Waals surface area (Å²) >= 11 is 0. The van der Waals surface area contributed by atoms with Gasteiger partial charge in [0.25, 0.3) is 5.69 Å². The van der Waals surface area contributed by atoms with E-state index in [1.807, 2.05) is 0 Å². The first-order valence-corrected chi connectivity index (χ1v) is 22.2. The number of aryl methyl sites for hydroxylation is 1. The molecule has 0 fully saturated rings. The van der Waals surface area contributed by atoms with Crippen molar-refractivity contribution in [3.63, 3.8) is 0 Å². The van der Waals surface area contributed by atoms with Gasteiger partial charge in [0.2, 0.25) is 0 Å². The number of anilines is 1. The number of fused-ring (bicyclic) bond motifs is 1. The minimum Gasteiger partial charge on any atom is -0.744 e. The van der Waals surface area contributed by atoms with Gasteiger partial charge in [-0.1, -0.05) is 0 Å². The van der Waals surface area contributed by atoms with E-state index in [2.05, 4.69) is 30.7 Å². The van der Waals surface area contributed by atoms with Gasteiger partial charge in [0.15, 0.2) is 11.4 Å². The summed E-state index contributed by atoms with van der Waals surface area (Å²) in [6.45, 7) is 1.40. The number of phenolic OH excluding ortho intramolecular Hbond substituents is 1. The number of benzene rings is 5. The monoisotopic (exact) mass is 1040 g/mol. The zero-order valence-electron chi connectivity index (χ0n) is 34.0. The van der Waals surface area contributed by atoms with Crippen molar-refractivity contribution in [2.75, 3.05) is 5.73 Å². The number of nitrogen functional groups attached to an aromatic ring is 1. The molecule has 3 N–H and O–H groups in total. The van der Waals surface area contributed by atoms with Gasteiger partial charge < -0.3 is 33.6 Å². The van der Waals surface area contributed by atoms with Crippen LogP contribution in [0.15, 0.2) is 122 Å². The fourth-order valence-electron chi connectivity index (χ4n) is 5.05. The topological polar surface area (TPSA) is 450 Å². The Hall–Kier alpha value is -1.29. The number of nitro groups is 1. The maximum atomic E-state index is 12.4. The predicted molar refractivity (Wildman–Crippen MR) is 193 cm³/mol. The normalized spacial score (nSPS) is 12.2. The SMILES string of the molecule is Cc1cc(N=Nc2cc(S(=O)(=O)[O-])c3cc(S(=O)(=O)[O-])c(N=Nc4ccc(S(=O)(=O)[O-])cc4[N+](=O)[O-])c(O)c3c2N)ccc1N=Nc1cc(S(=O)(=O)[O-])ccc1S(=O)(=O)[O-].[Na+].[Na+].[Na+].[Na+].[Na+]. The van der Waals surface area contributed by atoms with Crippen LogP contribution in [0.3, 0.4) is 0 Å². The minimum absolute atomic E-state index is 0. The van der Waals surface area contributed by atoms with Gasteiger partial charge in [-0.15, -0.1) is 20.5 Å². The van der Waals surface area contributed by atoms with Crippen molar-refractivity contribution in [3.8, 4) is 5.75 Å². The van der Waals surface area contributed by atoms with Crippen LogP contribution >= 0.6 is 0 Å². The van der Waals surface area contributed by atoms with E-state index in [0.29, 0.717) is 36.4 Å². The summed E-state index contributed by atoms with van der Waals surface area (Å²) in [5.74, 6) is -1.43. The van der Waals surface area contributed by atoms with E-state index in [0.717, 1.165) is 0 Å². The molecule has 316 valence electrons. The van der Waals surface area contributed by atoms with Crippen LogP contribution < -0.4 is 154 Å². The molecule has 65 heavy (non-hydrogen) atoms. The molecule has 0 aliphatic heterocycles. The zero-order valence-corrected chi connectivity index (χ0v) is 48.1. The quantitative estimate of drug-likeness (QED) is 0.0293. The van der Waals surface area contributed by atoms with Crippen LogP contribution in [0.5, 0.6) is 5.75 Å². The number of hydrogen-bond acceptors (Lipinski definition) is 25. The van der Waals surface area contributed by atoms with Gasteiger partial charge >= 0.3 is 148 Å². The molecule has 36 heteroatoms. The average Bonchev–Trinajstić information content (AvgIpc) is 3.11. The maximum Gasteiger partial charge on any atom is 1.00 e. The molecule has 0 aliphatic carbocycles. The van der Waals surface area contributed by atoms with Crippen molar-refractivity contribution in [1.29, 1.82) is 0 Å². The molecule has 0 aromatic heterocycles. The van der Waals surface area contributed by atoms with Crippen LogP contribution in [0.4, 0.5) is 45.5 Å². The Kier molecular flexibility index (Phi) is 23.5. The van der Waals surface area contributed by atoms with Crippen molar-refractivity contribution in [2.24, 2.45) is 30.7 Å². The Morgan fingerprint density at radius 3 is 1.51 bits per heavy atom. The molecule has 26 nitrogen and oxygen atoms in total. The average molecular weight is 1040 g/mol. The Balaban J connectivity index is 0.00000819. The van der Waals surface area contributed by atoms with Gasteiger partial charge in [0.1, 0.15) is 67.7 Å². The van der Waals surface area contributed by atoms with Crippen molar-refractivity contribution >= 4 is 107 Å². The second-order valence-corrected chi connectivity index (χ2v) is 18.5. The number of phenols is 1. The van der Waals surface area contributed by atoms with Gasteiger partial charge in [-0.05, 0) is 73.2 Å². The Morgan fingerprint density at radius 1 is 0.523 bits per heavy atom. The van der Waals surface area contributed by atoms with Gasteiger partial charge in [-0.25, -0.2) is 42.1 Å². The molecule has 5 rings (SSSR count). The van der Waals surface area contributed by atoms with E-state index < -0.39 is 131 Å². The van der Waals surface area contributed by atoms with Crippen molar-refractivity contribution in [3.05, 3.63) is 82.4 Å². The molecule has 0 amide bonds. The van der Waals surface area contributed by atoms with Gasteiger partial charge in [-0.3, -0.25) is 10.1 Å². The summed E-state index contributed by atoms with van der Waals surface area (Å²) in [5, 5.41) is 42.8. The third kappa shape index (κ3) is 15.3. The van der Waals surface area contributed by atoms with Crippen molar-refractivity contribution in [1.82, 2.24) is 0 Å². The van der Waals surface area contributed by atoms with E-state index in [9.17, 15) is 80.1 Å². The Labute approximate surface area is 478 Å². The first-order valence-electron chi connectivity index (χ1n) is 15.2. The molecule has 0 spiro atoms. The number of nitro benzene ring substituents is 1. The van der Waals surface area contributed by atoms with Crippen LogP contribution in [0.25, 0.3) is 10.8 Å². The van der Waals surface area contributed by atoms with E-state index >= 15 is 0 Å². The molecule has 0 heterocycles. The molecule has 0 saturated carbocycles. The standard InChI is InChI=1S/C29H22N8O18S5.5Na/c1-13-8-14(2-5-18(13)32-34-20-9-15(56(41,42)43)4-7-23(20)58(47,48)49)31-35-21-12-24(59(50,51)52)17-11-25(60(53,54)55)28(29(38)26(17)27(21)30)36-33-19-6-3-16(57(44,45)46)10-22(19)37(39)40;;;;;/h2-12,38H,30H2,1H3,(H,41,42,43)(H,44,45,46)(H,47,48,49)(H,50,51,52)(H,53,54,55);;;;;/q;5*+1/p-5. The van der Waals surface area contributed by atoms with Crippen LogP contribution in [0.1, 0.15) is 5.56 Å². The fourth-order valence-corrected chi connectivity index (χ4v) is 7.95. The first-order chi connectivity index (χ1) is 27.5. The Bertz CT molecular complexity index is 3380. The second-order valence-electron chi connectivity index (χ2n) is 11.7. The number of rotatable bonds is 12. The van der Waals surface area contributed by atoms with Gasteiger partial charge in [-0.2, -0.15) is 10.2 Å². The van der Waals surface area contributed by atoms with Crippen LogP contribution in [-0.4, -0.2) is 74.9 Å². The van der Waals surface area contributed by atoms with Crippen molar-refractivity contribution in [2.45, 2.75) is 31.4 Å². The number of hydrogen-bond donors (Lipinski definition) is 2. The third-order valence-corrected chi connectivity index (χ3v) is 12.0. The minimum atomic E-state index is -5.77. The van der Waals surface area contributed by atoms with Crippen LogP contribution in [-0.2, 0) is 50.6 Å². The number of azo groups is 3. The second kappa shape index (κ2) is 24.0. The predicted octanol–water partition coefficient (Wildman–Crippen LogP) is -10.9. The zero-order chi connectivity index (χ0) is 44.9. The molecule has 5 aromatic rings. The fraction of sp³-hybridized carbons (Fsp3) is 0.0345. The van der Waals surface area contributed by atoms with E-state index in [1.54, 1.807) is 0 Å². The molecule has 0 unspecified atom stereocenters. The third-order valence-electron chi connectivity index (χ3n) is 7.75. The molecule has 0 saturated heterocycles. The van der Waals surface area contributed by atoms with E-state index in [4.69, 9.17) is 5.73 Å². The molecule has 0 atom stereocenters. The summed E-state index contributed by atoms with van der Waals surface area (Å²) < 4.78 is 177. The number of nitrogens with zero attached hydrogens (tertiary/aromatic N) is 7. The molecular weight excluding hydrogens is 1020 g/mol. The number of nitrogens with two attached hydrogens (primary N) is 1. The Morgan fingerprint density at radius 2 is 1.00 bits per heavy atom. The summed E-state index contributed by atoms with van der Waals surface area (Å²) in [4.78, 5) is 4.57. The largest absolute Gasteiger partial charge is 1.00 e. The molecule has 0 radical (unpaired) electrons. The summed E-state index contributed by atoms with van der Waals surface area (Å²) in [5.41, 5.74) is 0.702. The smallest absolute Gasteiger partial charge is 0.744 e. The van der Waals surface area contributed by atoms with Gasteiger partial charge in [0.05, 0.1) is 51.8 Å². The van der Waals surface area contributed by atoms with Crippen LogP contribution in [0.2, 0.25) is 0 Å². The molecular formula is C29H17N8Na5O18S5. The molecule has 0 bridgehead atoms. The molecule has 5 aromatic carbocycles. The van der Waals surface area contributed by atoms with E-state index in [-0.39, 0.29) is 177 Å². The summed E-state index contributed by atoms with van der Waals surface area (Å²) in [7, 11) is -27.0. The first kappa shape index (κ1) is 63.7. The summed E-state index contributed by atoms with van der Waals surface area (Å²) in [6.07, 6.45) is 0. The van der Waals surface area contributed by atoms with E-state index in [1.165, 1.54) is 25.1 Å². The molecule has 0 aliphatic rings. The number of aromatic hydroxyl groups is 1. The summed E-state index contributed by atoms with van der Waals surface area (Å²) in [6, 6.07) is 7.52.